The quantitative estimate of drug-likeness (QED) is 0.363. The molecule has 160 valence electrons. The molecule has 2 aromatic carbocycles. The lowest BCUT2D eigenvalue weighted by Crippen LogP contribution is -2.17. The molecule has 0 fully saturated rings. The Kier molecular flexibility index (Phi) is 5.38. The molecule has 4 N–H and O–H groups in total. The van der Waals surface area contributed by atoms with Gasteiger partial charge in [0.1, 0.15) is 0 Å². The average Bonchev–Trinajstić information content (AvgIpc) is 3.08. The van der Waals surface area contributed by atoms with Gasteiger partial charge in [0, 0.05) is 11.8 Å². The van der Waals surface area contributed by atoms with Crippen molar-refractivity contribution in [1.82, 2.24) is 9.97 Å². The highest BCUT2D eigenvalue weighted by Crippen LogP contribution is 2.32. The molecule has 0 saturated heterocycles. The summed E-state index contributed by atoms with van der Waals surface area (Å²) in [7, 11) is -3.91. The number of pyridine rings is 1. The number of sulfonamides is 1. The van der Waals surface area contributed by atoms with E-state index in [4.69, 9.17) is 17.3 Å². The minimum Gasteiger partial charge on any atom is -0.386 e. The molecule has 0 amide bonds. The molecule has 0 aliphatic carbocycles. The Morgan fingerprint density at radius 3 is 2.48 bits per heavy atom. The number of nitrogen functional groups attached to an aromatic ring is 1. The van der Waals surface area contributed by atoms with Crippen LogP contribution in [0, 0.1) is 0 Å². The molecule has 0 unspecified atom stereocenters. The lowest BCUT2D eigenvalue weighted by Gasteiger charge is -2.18. The van der Waals surface area contributed by atoms with Crippen LogP contribution in [0.3, 0.4) is 0 Å². The van der Waals surface area contributed by atoms with Crippen LogP contribution in [0.15, 0.2) is 59.6 Å². The number of nitrogens with one attached hydrogen (secondary N) is 1. The van der Waals surface area contributed by atoms with E-state index in [9.17, 15) is 13.5 Å². The summed E-state index contributed by atoms with van der Waals surface area (Å²) in [5.74, 6) is 0. The van der Waals surface area contributed by atoms with E-state index in [1.165, 1.54) is 23.5 Å². The summed E-state index contributed by atoms with van der Waals surface area (Å²) in [5, 5.41) is 10.6. The predicted octanol–water partition coefficient (Wildman–Crippen LogP) is 4.62. The number of thiazole rings is 1. The zero-order chi connectivity index (χ0) is 22.4. The van der Waals surface area contributed by atoms with E-state index in [0.717, 1.165) is 15.8 Å². The third-order valence-corrected chi connectivity index (χ3v) is 7.22. The minimum absolute atomic E-state index is 0.0311. The number of aromatic nitrogens is 2. The van der Waals surface area contributed by atoms with Gasteiger partial charge in [-0.3, -0.25) is 4.72 Å². The van der Waals surface area contributed by atoms with Crippen LogP contribution in [0.2, 0.25) is 5.15 Å². The van der Waals surface area contributed by atoms with Gasteiger partial charge >= 0.3 is 0 Å². The highest BCUT2D eigenvalue weighted by atomic mass is 35.5. The summed E-state index contributed by atoms with van der Waals surface area (Å²) in [6.07, 6.45) is 1.57. The maximum atomic E-state index is 12.9. The fraction of sp³-hybridized carbons (Fsp3) is 0.143. The summed E-state index contributed by atoms with van der Waals surface area (Å²) in [4.78, 5) is 8.41. The predicted molar refractivity (Wildman–Crippen MR) is 125 cm³/mol. The smallest absolute Gasteiger partial charge is 0.261 e. The largest absolute Gasteiger partial charge is 0.386 e. The van der Waals surface area contributed by atoms with Crippen LogP contribution in [0.1, 0.15) is 19.4 Å². The number of aliphatic hydroxyl groups is 1. The molecule has 4 aromatic rings. The van der Waals surface area contributed by atoms with Crippen LogP contribution >= 0.6 is 22.9 Å². The summed E-state index contributed by atoms with van der Waals surface area (Å²) >= 11 is 7.53. The Hall–Kier alpha value is -2.72. The molecule has 7 nitrogen and oxygen atoms in total. The van der Waals surface area contributed by atoms with Crippen molar-refractivity contribution in [2.45, 2.75) is 24.3 Å². The van der Waals surface area contributed by atoms with Gasteiger partial charge in [0.2, 0.25) is 0 Å². The van der Waals surface area contributed by atoms with Gasteiger partial charge in [-0.1, -0.05) is 41.1 Å². The van der Waals surface area contributed by atoms with Crippen LogP contribution in [0.4, 0.5) is 10.8 Å². The van der Waals surface area contributed by atoms with Crippen LogP contribution in [-0.2, 0) is 15.6 Å². The van der Waals surface area contributed by atoms with Gasteiger partial charge in [0.15, 0.2) is 10.3 Å². The maximum absolute atomic E-state index is 12.9. The SMILES string of the molecule is CC(C)(O)c1ccc(S(=O)(=O)Nc2cc(-c3ccc4nc(N)sc4c3)cnc2Cl)cc1. The molecule has 0 aliphatic heterocycles. The minimum atomic E-state index is -3.91. The molecule has 10 heteroatoms. The normalized spacial score (nSPS) is 12.3. The van der Waals surface area contributed by atoms with E-state index < -0.39 is 15.6 Å². The molecule has 0 radical (unpaired) electrons. The number of hydrogen-bond donors (Lipinski definition) is 3. The Balaban J connectivity index is 1.66. The lowest BCUT2D eigenvalue weighted by molar-refractivity contribution is 0.0785. The molecule has 0 bridgehead atoms. The van der Waals surface area contributed by atoms with Crippen molar-refractivity contribution < 1.29 is 13.5 Å². The molecule has 2 aromatic heterocycles. The molecular formula is C21H19ClN4O3S2. The van der Waals surface area contributed by atoms with Crippen molar-refractivity contribution >= 4 is 54.0 Å². The van der Waals surface area contributed by atoms with Crippen molar-refractivity contribution in [3.63, 3.8) is 0 Å². The van der Waals surface area contributed by atoms with Gasteiger partial charge in [-0.05, 0) is 55.3 Å². The summed E-state index contributed by atoms with van der Waals surface area (Å²) in [5.41, 5.74) is 7.78. The van der Waals surface area contributed by atoms with Crippen molar-refractivity contribution in [2.75, 3.05) is 10.5 Å². The van der Waals surface area contributed by atoms with Crippen molar-refractivity contribution in [3.8, 4) is 11.1 Å². The zero-order valence-corrected chi connectivity index (χ0v) is 19.0. The van der Waals surface area contributed by atoms with Gasteiger partial charge in [-0.25, -0.2) is 18.4 Å². The number of halogens is 1. The number of fused-ring (bicyclic) bond motifs is 1. The second kappa shape index (κ2) is 7.76. The second-order valence-electron chi connectivity index (χ2n) is 7.49. The number of nitrogens with two attached hydrogens (primary N) is 1. The Labute approximate surface area is 188 Å². The van der Waals surface area contributed by atoms with E-state index >= 15 is 0 Å². The van der Waals surface area contributed by atoms with Gasteiger partial charge in [-0.2, -0.15) is 0 Å². The number of nitrogens with zero attached hydrogens (tertiary/aromatic N) is 2. The van der Waals surface area contributed by atoms with E-state index in [2.05, 4.69) is 14.7 Å². The summed E-state index contributed by atoms with van der Waals surface area (Å²) in [6, 6.07) is 13.3. The third kappa shape index (κ3) is 4.49. The highest BCUT2D eigenvalue weighted by Gasteiger charge is 2.20. The topological polar surface area (TPSA) is 118 Å². The maximum Gasteiger partial charge on any atom is 0.261 e. The monoisotopic (exact) mass is 474 g/mol. The highest BCUT2D eigenvalue weighted by molar-refractivity contribution is 7.92. The van der Waals surface area contributed by atoms with Crippen LogP contribution in [-0.4, -0.2) is 23.5 Å². The number of rotatable bonds is 5. The first-order chi connectivity index (χ1) is 14.5. The lowest BCUT2D eigenvalue weighted by atomic mass is 9.99. The Bertz CT molecular complexity index is 1380. The van der Waals surface area contributed by atoms with E-state index in [0.29, 0.717) is 16.3 Å². The van der Waals surface area contributed by atoms with Gasteiger partial charge < -0.3 is 10.8 Å². The first-order valence-corrected chi connectivity index (χ1v) is 11.9. The molecular weight excluding hydrogens is 456 g/mol. The standard InChI is InChI=1S/C21H19ClN4O3S2/c1-21(2,27)14-4-6-15(7-5-14)31(28,29)26-17-9-13(11-24-19(17)22)12-3-8-16-18(10-12)30-20(23)25-16/h3-11,26-27H,1-2H3,(H2,23,25). The Morgan fingerprint density at radius 2 is 1.81 bits per heavy atom. The van der Waals surface area contributed by atoms with Gasteiger partial charge in [0.25, 0.3) is 10.0 Å². The molecule has 0 spiro atoms. The third-order valence-electron chi connectivity index (χ3n) is 4.69. The van der Waals surface area contributed by atoms with Gasteiger partial charge in [0.05, 0.1) is 26.4 Å². The molecule has 0 saturated carbocycles. The zero-order valence-electron chi connectivity index (χ0n) is 16.6. The first kappa shape index (κ1) is 21.5. The van der Waals surface area contributed by atoms with Crippen LogP contribution < -0.4 is 10.5 Å². The number of hydrogen-bond acceptors (Lipinski definition) is 7. The van der Waals surface area contributed by atoms with Crippen molar-refractivity contribution in [3.05, 3.63) is 65.4 Å². The molecule has 0 atom stereocenters. The summed E-state index contributed by atoms with van der Waals surface area (Å²) in [6.45, 7) is 3.26. The molecule has 4 rings (SSSR count). The number of anilines is 2. The fourth-order valence-electron chi connectivity index (χ4n) is 3.05. The van der Waals surface area contributed by atoms with Crippen LogP contribution in [0.5, 0.6) is 0 Å². The fourth-order valence-corrected chi connectivity index (χ4v) is 5.08. The summed E-state index contributed by atoms with van der Waals surface area (Å²) < 4.78 is 29.1. The van der Waals surface area contributed by atoms with E-state index in [-0.39, 0.29) is 15.7 Å². The average molecular weight is 475 g/mol. The van der Waals surface area contributed by atoms with E-state index in [1.54, 1.807) is 38.2 Å². The molecule has 31 heavy (non-hydrogen) atoms. The van der Waals surface area contributed by atoms with Gasteiger partial charge in [-0.15, -0.1) is 0 Å². The van der Waals surface area contributed by atoms with Crippen molar-refractivity contribution in [2.24, 2.45) is 0 Å². The molecule has 0 aliphatic rings. The Morgan fingerprint density at radius 1 is 1.10 bits per heavy atom. The van der Waals surface area contributed by atoms with Crippen molar-refractivity contribution in [1.29, 1.82) is 0 Å². The second-order valence-corrected chi connectivity index (χ2v) is 10.6. The van der Waals surface area contributed by atoms with Crippen LogP contribution in [0.25, 0.3) is 21.3 Å². The first-order valence-electron chi connectivity index (χ1n) is 9.21. The number of benzene rings is 2. The molecule has 2 heterocycles. The van der Waals surface area contributed by atoms with E-state index in [1.807, 2.05) is 18.2 Å².